The molecular formula is C29H35BrN8. The molecule has 0 radical (unpaired) electrons. The van der Waals surface area contributed by atoms with Gasteiger partial charge in [0.1, 0.15) is 11.3 Å². The second-order valence-corrected chi connectivity index (χ2v) is 11.1. The van der Waals surface area contributed by atoms with Crippen molar-refractivity contribution in [3.05, 3.63) is 65.0 Å². The number of rotatable bonds is 7. The van der Waals surface area contributed by atoms with E-state index in [0.717, 1.165) is 97.9 Å². The maximum absolute atomic E-state index is 4.83. The lowest BCUT2D eigenvalue weighted by Crippen LogP contribution is -2.45. The van der Waals surface area contributed by atoms with Crippen molar-refractivity contribution in [1.29, 1.82) is 0 Å². The third-order valence-corrected chi connectivity index (χ3v) is 8.47. The number of anilines is 2. The Morgan fingerprint density at radius 1 is 0.974 bits per heavy atom. The Hall–Kier alpha value is -3.01. The van der Waals surface area contributed by atoms with E-state index in [1.807, 2.05) is 24.7 Å². The highest BCUT2D eigenvalue weighted by Crippen LogP contribution is 2.33. The molecule has 9 heteroatoms. The van der Waals surface area contributed by atoms with Crippen molar-refractivity contribution in [2.24, 2.45) is 0 Å². The van der Waals surface area contributed by atoms with Gasteiger partial charge >= 0.3 is 0 Å². The number of piperazine rings is 1. The van der Waals surface area contributed by atoms with Gasteiger partial charge in [0.2, 0.25) is 0 Å². The van der Waals surface area contributed by atoms with Crippen molar-refractivity contribution in [3.8, 4) is 11.4 Å². The molecule has 0 aliphatic carbocycles. The molecule has 2 saturated heterocycles. The van der Waals surface area contributed by atoms with Crippen molar-refractivity contribution in [1.82, 2.24) is 29.7 Å². The lowest BCUT2D eigenvalue weighted by Gasteiger charge is -2.36. The van der Waals surface area contributed by atoms with Crippen LogP contribution >= 0.6 is 15.9 Å². The summed E-state index contributed by atoms with van der Waals surface area (Å²) in [6.07, 6.45) is 7.94. The van der Waals surface area contributed by atoms with Crippen LogP contribution in [-0.2, 0) is 6.54 Å². The molecule has 0 amide bonds. The summed E-state index contributed by atoms with van der Waals surface area (Å²) in [6.45, 7) is 10.7. The van der Waals surface area contributed by atoms with Gasteiger partial charge in [0.05, 0.1) is 10.2 Å². The fourth-order valence-electron chi connectivity index (χ4n) is 5.55. The van der Waals surface area contributed by atoms with Gasteiger partial charge in [-0.2, -0.15) is 0 Å². The Kier molecular flexibility index (Phi) is 7.58. The normalized spacial score (nSPS) is 17.8. The number of aromatic nitrogens is 4. The van der Waals surface area contributed by atoms with Crippen molar-refractivity contribution in [2.75, 3.05) is 56.0 Å². The number of fused-ring (bicyclic) bond motifs is 1. The maximum atomic E-state index is 4.83. The van der Waals surface area contributed by atoms with E-state index in [4.69, 9.17) is 4.98 Å². The van der Waals surface area contributed by atoms with E-state index in [1.165, 1.54) is 11.3 Å². The van der Waals surface area contributed by atoms with Crippen LogP contribution in [-0.4, -0.2) is 81.6 Å². The fourth-order valence-corrected chi connectivity index (χ4v) is 5.97. The highest BCUT2D eigenvalue weighted by Gasteiger charge is 2.22. The first-order valence-corrected chi connectivity index (χ1v) is 14.5. The highest BCUT2D eigenvalue weighted by atomic mass is 79.9. The molecule has 4 aromatic rings. The first-order chi connectivity index (χ1) is 18.7. The van der Waals surface area contributed by atoms with E-state index in [2.05, 4.69) is 88.2 Å². The molecule has 6 rings (SSSR count). The molecule has 1 aromatic carbocycles. The predicted octanol–water partition coefficient (Wildman–Crippen LogP) is 5.00. The van der Waals surface area contributed by atoms with Crippen LogP contribution in [0.25, 0.3) is 22.6 Å². The number of likely N-dealkylation sites (tertiary alicyclic amines) is 1. The molecule has 0 bridgehead atoms. The number of hydrogen-bond acceptors (Lipinski definition) is 7. The lowest BCUT2D eigenvalue weighted by molar-refractivity contribution is 0.229. The van der Waals surface area contributed by atoms with Crippen molar-refractivity contribution in [2.45, 2.75) is 32.4 Å². The minimum Gasteiger partial charge on any atom is -0.379 e. The monoisotopic (exact) mass is 574 g/mol. The fraction of sp³-hybridized carbons (Fsp3) is 0.414. The number of nitrogens with zero attached hydrogens (tertiary/aromatic N) is 6. The number of imidazole rings is 1. The second-order valence-electron chi connectivity index (χ2n) is 10.3. The van der Waals surface area contributed by atoms with E-state index in [1.54, 1.807) is 0 Å². The highest BCUT2D eigenvalue weighted by molar-refractivity contribution is 9.10. The summed E-state index contributed by atoms with van der Waals surface area (Å²) in [6, 6.07) is 13.4. The average molecular weight is 576 g/mol. The summed E-state index contributed by atoms with van der Waals surface area (Å²) in [4.78, 5) is 24.7. The van der Waals surface area contributed by atoms with Gasteiger partial charge in [-0.05, 0) is 71.2 Å². The van der Waals surface area contributed by atoms with Gasteiger partial charge in [0, 0.05) is 81.7 Å². The number of pyridine rings is 2. The first kappa shape index (κ1) is 25.3. The van der Waals surface area contributed by atoms with Gasteiger partial charge in [-0.15, -0.1) is 0 Å². The second kappa shape index (κ2) is 11.4. The number of H-pyrrole nitrogens is 1. The van der Waals surface area contributed by atoms with Crippen LogP contribution in [0.2, 0.25) is 0 Å². The number of piperidine rings is 1. The zero-order valence-electron chi connectivity index (χ0n) is 21.9. The van der Waals surface area contributed by atoms with Crippen LogP contribution in [0.15, 0.2) is 59.5 Å². The molecule has 0 saturated carbocycles. The molecule has 8 nitrogen and oxygen atoms in total. The smallest absolute Gasteiger partial charge is 0.180 e. The largest absolute Gasteiger partial charge is 0.379 e. The topological polar surface area (TPSA) is 76.2 Å². The molecular weight excluding hydrogens is 540 g/mol. The third kappa shape index (κ3) is 5.55. The molecule has 2 N–H and O–H groups in total. The van der Waals surface area contributed by atoms with Crippen molar-refractivity contribution in [3.63, 3.8) is 0 Å². The molecule has 0 spiro atoms. The Morgan fingerprint density at radius 2 is 1.76 bits per heavy atom. The lowest BCUT2D eigenvalue weighted by atomic mass is 10.0. The number of nitrogens with one attached hydrogen (secondary N) is 2. The number of aromatic amines is 1. The maximum Gasteiger partial charge on any atom is 0.180 e. The summed E-state index contributed by atoms with van der Waals surface area (Å²) in [5, 5.41) is 3.77. The van der Waals surface area contributed by atoms with E-state index < -0.39 is 0 Å². The summed E-state index contributed by atoms with van der Waals surface area (Å²) >= 11 is 3.72. The SMILES string of the molecule is CCN1CCC(Nc2c(Br)cnc3nc(-c4ccc(N5CCN(Cc6cccnc6)CC5)cc4)[nH]c23)CC1. The van der Waals surface area contributed by atoms with Gasteiger partial charge in [-0.3, -0.25) is 9.88 Å². The van der Waals surface area contributed by atoms with E-state index in [0.29, 0.717) is 6.04 Å². The standard InChI is InChI=1S/C29H35BrN8/c1-2-36-12-9-23(10-13-36)33-26-25(30)19-32-29-27(26)34-28(35-29)22-5-7-24(8-6-22)38-16-14-37(15-17-38)20-21-4-3-11-31-18-21/h3-8,11,18-19,23H,2,9-10,12-17,20H2,1H3,(H2,32,33,34,35). The van der Waals surface area contributed by atoms with Crippen LogP contribution < -0.4 is 10.2 Å². The molecule has 0 unspecified atom stereocenters. The van der Waals surface area contributed by atoms with Crippen LogP contribution in [0.5, 0.6) is 0 Å². The molecule has 0 atom stereocenters. The van der Waals surface area contributed by atoms with Gasteiger partial charge in [-0.25, -0.2) is 9.97 Å². The quantitative estimate of drug-likeness (QED) is 0.321. The van der Waals surface area contributed by atoms with E-state index >= 15 is 0 Å². The Balaban J connectivity index is 1.12. The van der Waals surface area contributed by atoms with Crippen LogP contribution in [0.3, 0.4) is 0 Å². The van der Waals surface area contributed by atoms with Crippen LogP contribution in [0.4, 0.5) is 11.4 Å². The zero-order chi connectivity index (χ0) is 25.9. The molecule has 198 valence electrons. The molecule has 2 fully saturated rings. The summed E-state index contributed by atoms with van der Waals surface area (Å²) in [7, 11) is 0. The summed E-state index contributed by atoms with van der Waals surface area (Å²) in [5.41, 5.74) is 6.36. The summed E-state index contributed by atoms with van der Waals surface area (Å²) in [5.74, 6) is 0.849. The summed E-state index contributed by atoms with van der Waals surface area (Å²) < 4.78 is 0.969. The molecule has 2 aliphatic heterocycles. The van der Waals surface area contributed by atoms with E-state index in [-0.39, 0.29) is 0 Å². The van der Waals surface area contributed by atoms with Gasteiger partial charge in [0.25, 0.3) is 0 Å². The molecule has 3 aromatic heterocycles. The Bertz CT molecular complexity index is 1340. The molecule has 5 heterocycles. The number of benzene rings is 1. The third-order valence-electron chi connectivity index (χ3n) is 7.86. The minimum atomic E-state index is 0.454. The number of halogens is 1. The molecule has 38 heavy (non-hydrogen) atoms. The van der Waals surface area contributed by atoms with Gasteiger partial charge < -0.3 is 20.1 Å². The zero-order valence-corrected chi connectivity index (χ0v) is 23.5. The van der Waals surface area contributed by atoms with Crippen LogP contribution in [0.1, 0.15) is 25.3 Å². The van der Waals surface area contributed by atoms with Gasteiger partial charge in [0.15, 0.2) is 5.65 Å². The Labute approximate surface area is 232 Å². The minimum absolute atomic E-state index is 0.454. The number of hydrogen-bond donors (Lipinski definition) is 2. The first-order valence-electron chi connectivity index (χ1n) is 13.7. The van der Waals surface area contributed by atoms with Gasteiger partial charge in [-0.1, -0.05) is 13.0 Å². The van der Waals surface area contributed by atoms with Crippen molar-refractivity contribution >= 4 is 38.5 Å². The van der Waals surface area contributed by atoms with Crippen molar-refractivity contribution < 1.29 is 0 Å². The Morgan fingerprint density at radius 3 is 2.47 bits per heavy atom. The average Bonchev–Trinajstić information content (AvgIpc) is 3.41. The van der Waals surface area contributed by atoms with E-state index in [9.17, 15) is 0 Å². The predicted molar refractivity (Wildman–Crippen MR) is 158 cm³/mol. The van der Waals surface area contributed by atoms with Crippen LogP contribution in [0, 0.1) is 0 Å². The molecule has 2 aliphatic rings.